The van der Waals surface area contributed by atoms with Gasteiger partial charge < -0.3 is 9.84 Å². The molecule has 1 N–H and O–H groups in total. The molecular formula is C17H19O2Sc-. The van der Waals surface area contributed by atoms with Crippen LogP contribution < -0.4 is 0 Å². The van der Waals surface area contributed by atoms with Gasteiger partial charge in [0.2, 0.25) is 0 Å². The van der Waals surface area contributed by atoms with Crippen molar-refractivity contribution in [3.05, 3.63) is 60.2 Å². The fourth-order valence-corrected chi connectivity index (χ4v) is 1.80. The van der Waals surface area contributed by atoms with Crippen molar-refractivity contribution < 1.29 is 35.7 Å². The van der Waals surface area contributed by atoms with Crippen molar-refractivity contribution in [2.45, 2.75) is 20.1 Å². The fraction of sp³-hybridized carbons (Fsp3) is 0.294. The van der Waals surface area contributed by atoms with Crippen molar-refractivity contribution in [2.75, 3.05) is 6.61 Å². The molecule has 0 amide bonds. The van der Waals surface area contributed by atoms with E-state index in [4.69, 9.17) is 4.74 Å². The van der Waals surface area contributed by atoms with Gasteiger partial charge >= 0.3 is 0 Å². The van der Waals surface area contributed by atoms with Gasteiger partial charge in [-0.15, -0.1) is 5.56 Å². The molecule has 0 heterocycles. The molecule has 2 nitrogen and oxygen atoms in total. The minimum atomic E-state index is -0.847. The van der Waals surface area contributed by atoms with Gasteiger partial charge in [-0.1, -0.05) is 38.1 Å². The predicted molar refractivity (Wildman–Crippen MR) is 76.5 cm³/mol. The number of hydrogen-bond acceptors (Lipinski definition) is 2. The fourth-order valence-electron chi connectivity index (χ4n) is 1.80. The molecule has 0 aliphatic heterocycles. The van der Waals surface area contributed by atoms with E-state index in [2.05, 4.69) is 19.9 Å². The SMILES string of the molecule is CC(C)COC(O)c1ccc(-c2cc[c-]cc2)cc1.[Sc]. The van der Waals surface area contributed by atoms with Crippen molar-refractivity contribution in [1.29, 1.82) is 0 Å². The van der Waals surface area contributed by atoms with Gasteiger partial charge in [0.15, 0.2) is 6.29 Å². The molecule has 0 saturated heterocycles. The Balaban J connectivity index is 0.00000200. The Morgan fingerprint density at radius 1 is 1.00 bits per heavy atom. The van der Waals surface area contributed by atoms with E-state index < -0.39 is 6.29 Å². The second-order valence-electron chi connectivity index (χ2n) is 4.99. The summed E-state index contributed by atoms with van der Waals surface area (Å²) in [7, 11) is 0. The zero-order valence-corrected chi connectivity index (χ0v) is 13.7. The van der Waals surface area contributed by atoms with Gasteiger partial charge in [-0.2, -0.15) is 30.3 Å². The van der Waals surface area contributed by atoms with Crippen LogP contribution in [0.2, 0.25) is 0 Å². The Kier molecular flexibility index (Phi) is 7.35. The first kappa shape index (κ1) is 17.3. The first-order valence-corrected chi connectivity index (χ1v) is 6.53. The molecule has 1 unspecified atom stereocenters. The smallest absolute Gasteiger partial charge is 0.181 e. The average molecular weight is 300 g/mol. The Morgan fingerprint density at radius 2 is 1.55 bits per heavy atom. The van der Waals surface area contributed by atoms with Crippen LogP contribution in [0, 0.1) is 12.0 Å². The number of aliphatic hydroxyl groups is 1. The Hall–Kier alpha value is -0.770. The van der Waals surface area contributed by atoms with Crippen LogP contribution in [0.4, 0.5) is 0 Å². The van der Waals surface area contributed by atoms with Gasteiger partial charge in [-0.3, -0.25) is 0 Å². The molecule has 0 aromatic heterocycles. The van der Waals surface area contributed by atoms with Crippen LogP contribution in [0.25, 0.3) is 11.1 Å². The van der Waals surface area contributed by atoms with Crippen LogP contribution in [0.1, 0.15) is 25.7 Å². The summed E-state index contributed by atoms with van der Waals surface area (Å²) in [6, 6.07) is 18.6. The van der Waals surface area contributed by atoms with E-state index in [0.717, 1.165) is 16.7 Å². The van der Waals surface area contributed by atoms with Gasteiger partial charge in [0.05, 0.1) is 6.61 Å². The van der Waals surface area contributed by atoms with Crippen LogP contribution in [0.3, 0.4) is 0 Å². The number of hydrogen-bond donors (Lipinski definition) is 1. The molecule has 3 heteroatoms. The van der Waals surface area contributed by atoms with Crippen LogP contribution >= 0.6 is 0 Å². The zero-order valence-electron chi connectivity index (χ0n) is 11.9. The Bertz CT molecular complexity index is 494. The largest absolute Gasteiger partial charge is 0.364 e. The second kappa shape index (κ2) is 8.50. The molecule has 0 fully saturated rings. The maximum atomic E-state index is 9.90. The maximum Gasteiger partial charge on any atom is 0.181 e. The van der Waals surface area contributed by atoms with Gasteiger partial charge in [0.25, 0.3) is 0 Å². The third-order valence-corrected chi connectivity index (χ3v) is 2.83. The molecular weight excluding hydrogens is 281 g/mol. The van der Waals surface area contributed by atoms with Gasteiger partial charge in [-0.25, -0.2) is 0 Å². The molecule has 2 rings (SSSR count). The second-order valence-corrected chi connectivity index (χ2v) is 4.99. The van der Waals surface area contributed by atoms with Crippen molar-refractivity contribution >= 4 is 0 Å². The summed E-state index contributed by atoms with van der Waals surface area (Å²) in [6.07, 6.45) is -0.847. The first-order chi connectivity index (χ1) is 9.16. The number of aliphatic hydroxyl groups excluding tert-OH is 1. The summed E-state index contributed by atoms with van der Waals surface area (Å²) >= 11 is 0. The van der Waals surface area contributed by atoms with Crippen LogP contribution in [-0.2, 0) is 30.6 Å². The molecule has 0 aliphatic carbocycles. The van der Waals surface area contributed by atoms with Crippen molar-refractivity contribution in [2.24, 2.45) is 5.92 Å². The molecule has 20 heavy (non-hydrogen) atoms. The minimum absolute atomic E-state index is 0. The monoisotopic (exact) mass is 300 g/mol. The number of ether oxygens (including phenoxy) is 1. The molecule has 0 aliphatic rings. The van der Waals surface area contributed by atoms with Crippen molar-refractivity contribution in [3.8, 4) is 11.1 Å². The maximum absolute atomic E-state index is 9.90. The summed E-state index contributed by atoms with van der Waals surface area (Å²) in [5, 5.41) is 9.90. The van der Waals surface area contributed by atoms with Crippen LogP contribution in [-0.4, -0.2) is 11.7 Å². The molecule has 0 saturated carbocycles. The summed E-state index contributed by atoms with van der Waals surface area (Å²) in [4.78, 5) is 0. The topological polar surface area (TPSA) is 29.5 Å². The Morgan fingerprint density at radius 3 is 2.10 bits per heavy atom. The van der Waals surface area contributed by atoms with E-state index in [9.17, 15) is 5.11 Å². The van der Waals surface area contributed by atoms with E-state index in [0.29, 0.717) is 12.5 Å². The van der Waals surface area contributed by atoms with Gasteiger partial charge in [-0.05, 0) is 11.5 Å². The quantitative estimate of drug-likeness (QED) is 0.672. The average Bonchev–Trinajstić information content (AvgIpc) is 2.46. The normalized spacial score (nSPS) is 12.0. The van der Waals surface area contributed by atoms with E-state index in [1.165, 1.54) is 0 Å². The molecule has 2 aromatic rings. The van der Waals surface area contributed by atoms with Gasteiger partial charge in [0, 0.05) is 31.4 Å². The summed E-state index contributed by atoms with van der Waals surface area (Å²) in [6.45, 7) is 4.67. The molecule has 103 valence electrons. The van der Waals surface area contributed by atoms with Crippen LogP contribution in [0.5, 0.6) is 0 Å². The van der Waals surface area contributed by atoms with E-state index in [1.807, 2.05) is 48.5 Å². The van der Waals surface area contributed by atoms with E-state index in [-0.39, 0.29) is 25.8 Å². The first-order valence-electron chi connectivity index (χ1n) is 6.53. The van der Waals surface area contributed by atoms with Gasteiger partial charge in [0.1, 0.15) is 0 Å². The third kappa shape index (κ3) is 4.97. The van der Waals surface area contributed by atoms with E-state index in [1.54, 1.807) is 0 Å². The summed E-state index contributed by atoms with van der Waals surface area (Å²) in [5.41, 5.74) is 3.04. The summed E-state index contributed by atoms with van der Waals surface area (Å²) < 4.78 is 5.39. The summed E-state index contributed by atoms with van der Waals surface area (Å²) in [5.74, 6) is 0.412. The molecule has 0 bridgehead atoms. The standard InChI is InChI=1S/C17H19O2.Sc/c1-13(2)12-19-17(18)16-10-8-15(9-11-16)14-6-4-3-5-7-14;/h4-11,13,17-18H,12H2,1-2H3;/q-1;. The molecule has 2 aromatic carbocycles. The van der Waals surface area contributed by atoms with Crippen LogP contribution in [0.15, 0.2) is 48.5 Å². The third-order valence-electron chi connectivity index (χ3n) is 2.83. The predicted octanol–water partition coefficient (Wildman–Crippen LogP) is 3.81. The Labute approximate surface area is 139 Å². The molecule has 1 atom stereocenters. The molecule has 1 radical (unpaired) electrons. The minimum Gasteiger partial charge on any atom is -0.364 e. The number of rotatable bonds is 5. The zero-order chi connectivity index (χ0) is 13.7. The van der Waals surface area contributed by atoms with E-state index >= 15 is 0 Å². The molecule has 0 spiro atoms. The van der Waals surface area contributed by atoms with Crippen molar-refractivity contribution in [3.63, 3.8) is 0 Å². The van der Waals surface area contributed by atoms with Crippen molar-refractivity contribution in [1.82, 2.24) is 0 Å². The number of benzene rings is 2.